The molecule has 1 saturated carbocycles. The third-order valence-electron chi connectivity index (χ3n) is 7.95. The SMILES string of the molecule is CN(C)c1cccc(C(=O)NC2CC3(CCN(C(=O)c4ccc(Oc5ccc(C(F)(F)F)cc5)cc4)CC3)C2)c1. The van der Waals surface area contributed by atoms with Crippen molar-refractivity contribution in [3.05, 3.63) is 89.5 Å². The monoisotopic (exact) mass is 551 g/mol. The Balaban J connectivity index is 1.09. The van der Waals surface area contributed by atoms with E-state index < -0.39 is 11.7 Å². The zero-order valence-electron chi connectivity index (χ0n) is 22.5. The number of ether oxygens (including phenoxy) is 1. The van der Waals surface area contributed by atoms with E-state index >= 15 is 0 Å². The molecule has 3 aromatic carbocycles. The Morgan fingerprint density at radius 2 is 1.50 bits per heavy atom. The number of hydrogen-bond donors (Lipinski definition) is 1. The summed E-state index contributed by atoms with van der Waals surface area (Å²) in [5.41, 5.74) is 1.60. The summed E-state index contributed by atoms with van der Waals surface area (Å²) >= 11 is 0. The van der Waals surface area contributed by atoms with Crippen molar-refractivity contribution in [3.8, 4) is 11.5 Å². The number of carbonyl (C=O) groups is 2. The third kappa shape index (κ3) is 6.08. The first-order valence-corrected chi connectivity index (χ1v) is 13.3. The van der Waals surface area contributed by atoms with E-state index in [0.717, 1.165) is 43.5 Å². The second-order valence-corrected chi connectivity index (χ2v) is 11.0. The Morgan fingerprint density at radius 1 is 0.900 bits per heavy atom. The van der Waals surface area contributed by atoms with Crippen LogP contribution in [-0.2, 0) is 6.18 Å². The molecule has 1 N–H and O–H groups in total. The zero-order chi connectivity index (χ0) is 28.5. The number of amides is 2. The van der Waals surface area contributed by atoms with Crippen molar-refractivity contribution in [3.63, 3.8) is 0 Å². The molecule has 2 fully saturated rings. The summed E-state index contributed by atoms with van der Waals surface area (Å²) in [6, 6.07) is 18.8. The van der Waals surface area contributed by atoms with Crippen LogP contribution in [0.25, 0.3) is 0 Å². The lowest BCUT2D eigenvalue weighted by molar-refractivity contribution is -0.137. The van der Waals surface area contributed by atoms with Gasteiger partial charge >= 0.3 is 6.18 Å². The number of alkyl halides is 3. The minimum atomic E-state index is -4.40. The lowest BCUT2D eigenvalue weighted by atomic mass is 9.60. The van der Waals surface area contributed by atoms with Crippen LogP contribution in [0.2, 0.25) is 0 Å². The lowest BCUT2D eigenvalue weighted by Crippen LogP contribution is -2.55. The Labute approximate surface area is 231 Å². The van der Waals surface area contributed by atoms with Crippen LogP contribution in [0, 0.1) is 5.41 Å². The highest BCUT2D eigenvalue weighted by Crippen LogP contribution is 2.49. The predicted molar refractivity (Wildman–Crippen MR) is 147 cm³/mol. The van der Waals surface area contributed by atoms with Gasteiger partial charge in [-0.25, -0.2) is 0 Å². The summed E-state index contributed by atoms with van der Waals surface area (Å²) in [4.78, 5) is 29.6. The highest BCUT2D eigenvalue weighted by molar-refractivity contribution is 5.95. The van der Waals surface area contributed by atoms with Crippen molar-refractivity contribution in [2.45, 2.75) is 37.9 Å². The van der Waals surface area contributed by atoms with Gasteiger partial charge < -0.3 is 19.9 Å². The Bertz CT molecular complexity index is 1360. The van der Waals surface area contributed by atoms with Crippen LogP contribution < -0.4 is 15.0 Å². The number of hydrogen-bond acceptors (Lipinski definition) is 4. The minimum Gasteiger partial charge on any atom is -0.457 e. The van der Waals surface area contributed by atoms with Gasteiger partial charge in [0.2, 0.25) is 0 Å². The number of nitrogens with one attached hydrogen (secondary N) is 1. The Kier molecular flexibility index (Phi) is 7.49. The molecule has 210 valence electrons. The van der Waals surface area contributed by atoms with E-state index in [-0.39, 0.29) is 29.0 Å². The van der Waals surface area contributed by atoms with E-state index in [1.54, 1.807) is 24.3 Å². The highest BCUT2D eigenvalue weighted by Gasteiger charge is 2.46. The topological polar surface area (TPSA) is 61.9 Å². The van der Waals surface area contributed by atoms with E-state index in [9.17, 15) is 22.8 Å². The molecule has 40 heavy (non-hydrogen) atoms. The molecule has 2 aliphatic rings. The molecule has 2 amide bonds. The first kappa shape index (κ1) is 27.6. The summed E-state index contributed by atoms with van der Waals surface area (Å²) in [6.45, 7) is 1.32. The first-order chi connectivity index (χ1) is 19.0. The van der Waals surface area contributed by atoms with Gasteiger partial charge in [0.1, 0.15) is 11.5 Å². The van der Waals surface area contributed by atoms with Gasteiger partial charge in [-0.1, -0.05) is 6.07 Å². The summed E-state index contributed by atoms with van der Waals surface area (Å²) in [5.74, 6) is 0.609. The van der Waals surface area contributed by atoms with Crippen molar-refractivity contribution in [2.24, 2.45) is 5.41 Å². The summed E-state index contributed by atoms with van der Waals surface area (Å²) in [7, 11) is 3.89. The largest absolute Gasteiger partial charge is 0.457 e. The van der Waals surface area contributed by atoms with Crippen LogP contribution in [0.1, 0.15) is 52.0 Å². The molecule has 0 bridgehead atoms. The van der Waals surface area contributed by atoms with E-state index in [4.69, 9.17) is 4.74 Å². The fourth-order valence-electron chi connectivity index (χ4n) is 5.57. The molecular formula is C31H32F3N3O3. The fraction of sp³-hybridized carbons (Fsp3) is 0.355. The second-order valence-electron chi connectivity index (χ2n) is 11.0. The van der Waals surface area contributed by atoms with Gasteiger partial charge in [0.05, 0.1) is 5.56 Å². The molecule has 0 unspecified atom stereocenters. The van der Waals surface area contributed by atoms with Crippen molar-refractivity contribution in [2.75, 3.05) is 32.1 Å². The summed E-state index contributed by atoms with van der Waals surface area (Å²) in [5, 5.41) is 3.16. The average Bonchev–Trinajstić information content (AvgIpc) is 2.92. The van der Waals surface area contributed by atoms with Gasteiger partial charge in [0, 0.05) is 50.0 Å². The number of anilines is 1. The van der Waals surface area contributed by atoms with Crippen molar-refractivity contribution in [1.82, 2.24) is 10.2 Å². The molecule has 5 rings (SSSR count). The zero-order valence-corrected chi connectivity index (χ0v) is 22.5. The van der Waals surface area contributed by atoms with Crippen LogP contribution in [0.4, 0.5) is 18.9 Å². The highest BCUT2D eigenvalue weighted by atomic mass is 19.4. The molecule has 3 aromatic rings. The Morgan fingerprint density at radius 3 is 2.08 bits per heavy atom. The molecular weight excluding hydrogens is 519 g/mol. The van der Waals surface area contributed by atoms with Gasteiger partial charge in [-0.15, -0.1) is 0 Å². The van der Waals surface area contributed by atoms with Crippen molar-refractivity contribution >= 4 is 17.5 Å². The fourth-order valence-corrected chi connectivity index (χ4v) is 5.57. The van der Waals surface area contributed by atoms with Crippen LogP contribution in [0.15, 0.2) is 72.8 Å². The smallest absolute Gasteiger partial charge is 0.416 e. The van der Waals surface area contributed by atoms with Gasteiger partial charge in [-0.2, -0.15) is 13.2 Å². The van der Waals surface area contributed by atoms with Gasteiger partial charge in [0.15, 0.2) is 0 Å². The van der Waals surface area contributed by atoms with E-state index in [1.807, 2.05) is 48.2 Å². The van der Waals surface area contributed by atoms with Crippen LogP contribution in [0.3, 0.4) is 0 Å². The standard InChI is InChI=1S/C31H32F3N3O3/c1-36(2)25-5-3-4-22(18-25)28(38)35-24-19-30(20-24)14-16-37(17-15-30)29(39)21-6-10-26(11-7-21)40-27-12-8-23(9-13-27)31(32,33)34/h3-13,18,24H,14-17,19-20H2,1-2H3,(H,35,38). The Hall–Kier alpha value is -4.01. The molecule has 1 heterocycles. The molecule has 1 saturated heterocycles. The summed E-state index contributed by atoms with van der Waals surface area (Å²) in [6.07, 6.45) is -0.759. The minimum absolute atomic E-state index is 0.0538. The van der Waals surface area contributed by atoms with Crippen molar-refractivity contribution in [1.29, 1.82) is 0 Å². The number of likely N-dealkylation sites (tertiary alicyclic amines) is 1. The molecule has 9 heteroatoms. The number of carbonyl (C=O) groups excluding carboxylic acids is 2. The van der Waals surface area contributed by atoms with E-state index in [2.05, 4.69) is 5.32 Å². The molecule has 0 radical (unpaired) electrons. The van der Waals surface area contributed by atoms with E-state index in [0.29, 0.717) is 30.0 Å². The molecule has 6 nitrogen and oxygen atoms in total. The van der Waals surface area contributed by atoms with Crippen molar-refractivity contribution < 1.29 is 27.5 Å². The maximum absolute atomic E-state index is 13.1. The van der Waals surface area contributed by atoms with Gasteiger partial charge in [0.25, 0.3) is 11.8 Å². The molecule has 1 spiro atoms. The number of halogens is 3. The molecule has 0 atom stereocenters. The molecule has 1 aliphatic carbocycles. The quantitative estimate of drug-likeness (QED) is 0.386. The predicted octanol–water partition coefficient (Wildman–Crippen LogP) is 6.38. The molecule has 0 aromatic heterocycles. The van der Waals surface area contributed by atoms with E-state index in [1.165, 1.54) is 12.1 Å². The normalized spacial score (nSPS) is 16.8. The maximum atomic E-state index is 13.1. The number of nitrogens with zero attached hydrogens (tertiary/aromatic N) is 2. The number of benzene rings is 3. The third-order valence-corrected chi connectivity index (χ3v) is 7.95. The average molecular weight is 552 g/mol. The maximum Gasteiger partial charge on any atom is 0.416 e. The summed E-state index contributed by atoms with van der Waals surface area (Å²) < 4.78 is 43.9. The van der Waals surface area contributed by atoms with Gasteiger partial charge in [-0.05, 0) is 97.8 Å². The van der Waals surface area contributed by atoms with Gasteiger partial charge in [-0.3, -0.25) is 9.59 Å². The van der Waals surface area contributed by atoms with Crippen LogP contribution in [0.5, 0.6) is 11.5 Å². The number of rotatable bonds is 6. The van der Waals surface area contributed by atoms with Crippen LogP contribution >= 0.6 is 0 Å². The number of piperidine rings is 1. The first-order valence-electron chi connectivity index (χ1n) is 13.3. The van der Waals surface area contributed by atoms with Crippen LogP contribution in [-0.4, -0.2) is 49.9 Å². The second kappa shape index (κ2) is 10.9. The molecule has 1 aliphatic heterocycles. The lowest BCUT2D eigenvalue weighted by Gasteiger charge is -2.52.